The van der Waals surface area contributed by atoms with E-state index in [1.807, 2.05) is 11.0 Å². The van der Waals surface area contributed by atoms with E-state index < -0.39 is 10.0 Å². The molecule has 0 amide bonds. The highest BCUT2D eigenvalue weighted by atomic mass is 32.2. The van der Waals surface area contributed by atoms with Gasteiger partial charge in [-0.15, -0.1) is 0 Å². The van der Waals surface area contributed by atoms with Gasteiger partial charge in [0.2, 0.25) is 0 Å². The summed E-state index contributed by atoms with van der Waals surface area (Å²) in [5, 5.41) is 8.46. The first-order chi connectivity index (χ1) is 7.60. The predicted octanol–water partition coefficient (Wildman–Crippen LogP) is 0.982. The van der Waals surface area contributed by atoms with Gasteiger partial charge in [-0.25, -0.2) is 8.42 Å². The minimum absolute atomic E-state index is 0.114. The largest absolute Gasteiger partial charge is 0.287 e. The van der Waals surface area contributed by atoms with Crippen molar-refractivity contribution in [2.45, 2.75) is 18.2 Å². The smallest absolute Gasteiger partial charge is 0.262 e. The Hall–Kier alpha value is -1.42. The first-order valence-electron chi connectivity index (χ1n) is 4.69. The van der Waals surface area contributed by atoms with Gasteiger partial charge in [0.05, 0.1) is 24.0 Å². The number of nitrogens with one attached hydrogen (secondary N) is 1. The lowest BCUT2D eigenvalue weighted by atomic mass is 10.2. The average Bonchev–Trinajstić information content (AvgIpc) is 2.28. The molecule has 0 saturated carbocycles. The number of nitriles is 1. The number of rotatable bonds is 5. The van der Waals surface area contributed by atoms with Crippen molar-refractivity contribution in [3.8, 4) is 6.07 Å². The van der Waals surface area contributed by atoms with Gasteiger partial charge in [-0.05, 0) is 24.6 Å². The fourth-order valence-corrected chi connectivity index (χ4v) is 1.93. The minimum atomic E-state index is -3.61. The van der Waals surface area contributed by atoms with Crippen LogP contribution >= 0.6 is 0 Å². The summed E-state index contributed by atoms with van der Waals surface area (Å²) in [6.45, 7) is 1.93. The highest BCUT2D eigenvalue weighted by molar-refractivity contribution is 7.89. The number of sulfonamides is 1. The molecule has 0 aromatic heterocycles. The van der Waals surface area contributed by atoms with Gasteiger partial charge in [-0.1, -0.05) is 17.0 Å². The molecule has 1 aromatic carbocycles. The highest BCUT2D eigenvalue weighted by Gasteiger charge is 2.13. The molecule has 6 heteroatoms. The predicted molar refractivity (Wildman–Crippen MR) is 57.7 cm³/mol. The van der Waals surface area contributed by atoms with Crippen LogP contribution in [-0.4, -0.2) is 15.0 Å². The second-order valence-electron chi connectivity index (χ2n) is 3.00. The van der Waals surface area contributed by atoms with Crippen LogP contribution in [-0.2, 0) is 21.3 Å². The summed E-state index contributed by atoms with van der Waals surface area (Å²) in [5.41, 5.74) is 0.776. The van der Waals surface area contributed by atoms with Gasteiger partial charge in [-0.3, -0.25) is 4.84 Å². The molecule has 0 aliphatic rings. The Labute approximate surface area is 94.7 Å². The van der Waals surface area contributed by atoms with Crippen LogP contribution in [0.25, 0.3) is 0 Å². The zero-order chi connectivity index (χ0) is 12.0. The fraction of sp³-hybridized carbons (Fsp3) is 0.300. The third kappa shape index (κ3) is 3.31. The van der Waals surface area contributed by atoms with Crippen LogP contribution in [0.1, 0.15) is 12.5 Å². The van der Waals surface area contributed by atoms with E-state index in [9.17, 15) is 8.42 Å². The van der Waals surface area contributed by atoms with Crippen molar-refractivity contribution in [1.82, 2.24) is 4.89 Å². The maximum Gasteiger partial charge on any atom is 0.262 e. The molecular formula is C10H12N2O3S. The molecule has 0 heterocycles. The van der Waals surface area contributed by atoms with Crippen LogP contribution in [0.2, 0.25) is 0 Å². The third-order valence-corrected chi connectivity index (χ3v) is 3.06. The molecule has 0 spiro atoms. The molecule has 0 bridgehead atoms. The van der Waals surface area contributed by atoms with E-state index in [1.165, 1.54) is 12.1 Å². The molecule has 0 radical (unpaired) electrons. The van der Waals surface area contributed by atoms with Gasteiger partial charge in [0.15, 0.2) is 0 Å². The summed E-state index contributed by atoms with van der Waals surface area (Å²) in [7, 11) is -3.61. The molecule has 5 nitrogen and oxygen atoms in total. The van der Waals surface area contributed by atoms with Crippen molar-refractivity contribution in [3.05, 3.63) is 29.8 Å². The van der Waals surface area contributed by atoms with Crippen LogP contribution in [0.4, 0.5) is 0 Å². The maximum absolute atomic E-state index is 11.6. The fourth-order valence-electron chi connectivity index (χ4n) is 1.06. The standard InChI is InChI=1S/C10H12N2O3S/c1-2-15-12-16(13,14)10-5-3-9(4-6-10)7-8-11/h3-6,12H,2,7H2,1H3. The Morgan fingerprint density at radius 3 is 2.50 bits per heavy atom. The van der Waals surface area contributed by atoms with E-state index in [1.54, 1.807) is 19.1 Å². The molecule has 0 atom stereocenters. The quantitative estimate of drug-likeness (QED) is 0.778. The lowest BCUT2D eigenvalue weighted by Gasteiger charge is -2.05. The second kappa shape index (κ2) is 5.61. The molecule has 1 rings (SSSR count). The average molecular weight is 240 g/mol. The SMILES string of the molecule is CCONS(=O)(=O)c1ccc(CC#N)cc1. The monoisotopic (exact) mass is 240 g/mol. The van der Waals surface area contributed by atoms with E-state index >= 15 is 0 Å². The molecule has 0 unspecified atom stereocenters. The van der Waals surface area contributed by atoms with Gasteiger partial charge < -0.3 is 0 Å². The van der Waals surface area contributed by atoms with E-state index in [0.717, 1.165) is 5.56 Å². The van der Waals surface area contributed by atoms with Crippen molar-refractivity contribution in [1.29, 1.82) is 5.26 Å². The van der Waals surface area contributed by atoms with Crippen molar-refractivity contribution in [2.75, 3.05) is 6.61 Å². The number of hydrogen-bond donors (Lipinski definition) is 1. The zero-order valence-corrected chi connectivity index (χ0v) is 9.62. The number of nitrogens with zero attached hydrogens (tertiary/aromatic N) is 1. The number of benzene rings is 1. The molecular weight excluding hydrogens is 228 g/mol. The molecule has 0 aliphatic carbocycles. The van der Waals surface area contributed by atoms with E-state index in [0.29, 0.717) is 0 Å². The first-order valence-corrected chi connectivity index (χ1v) is 6.18. The summed E-state index contributed by atoms with van der Waals surface area (Å²) in [6, 6.07) is 8.07. The van der Waals surface area contributed by atoms with E-state index in [2.05, 4.69) is 4.84 Å². The lowest BCUT2D eigenvalue weighted by Crippen LogP contribution is -2.23. The topological polar surface area (TPSA) is 79.2 Å². The number of hydrogen-bond acceptors (Lipinski definition) is 4. The van der Waals surface area contributed by atoms with Crippen molar-refractivity contribution < 1.29 is 13.3 Å². The Morgan fingerprint density at radius 2 is 2.00 bits per heavy atom. The third-order valence-electron chi connectivity index (χ3n) is 1.83. The Kier molecular flexibility index (Phi) is 4.43. The summed E-state index contributed by atoms with van der Waals surface area (Å²) in [5.74, 6) is 0. The van der Waals surface area contributed by atoms with Crippen molar-refractivity contribution in [3.63, 3.8) is 0 Å². The van der Waals surface area contributed by atoms with Crippen LogP contribution < -0.4 is 4.89 Å². The van der Waals surface area contributed by atoms with Gasteiger partial charge in [-0.2, -0.15) is 5.26 Å². The Balaban J connectivity index is 2.85. The molecule has 1 N–H and O–H groups in total. The van der Waals surface area contributed by atoms with E-state index in [4.69, 9.17) is 5.26 Å². The Morgan fingerprint density at radius 1 is 1.38 bits per heavy atom. The van der Waals surface area contributed by atoms with Crippen molar-refractivity contribution >= 4 is 10.0 Å². The van der Waals surface area contributed by atoms with Crippen LogP contribution in [0.5, 0.6) is 0 Å². The molecule has 0 aliphatic heterocycles. The summed E-state index contributed by atoms with van der Waals surface area (Å²) in [4.78, 5) is 6.74. The van der Waals surface area contributed by atoms with E-state index in [-0.39, 0.29) is 17.9 Å². The normalized spacial score (nSPS) is 11.0. The molecule has 0 fully saturated rings. The summed E-state index contributed by atoms with van der Waals surface area (Å²) >= 11 is 0. The first kappa shape index (κ1) is 12.6. The zero-order valence-electron chi connectivity index (χ0n) is 8.80. The lowest BCUT2D eigenvalue weighted by molar-refractivity contribution is 0.105. The van der Waals surface area contributed by atoms with Crippen LogP contribution in [0.3, 0.4) is 0 Å². The minimum Gasteiger partial charge on any atom is -0.287 e. The highest BCUT2D eigenvalue weighted by Crippen LogP contribution is 2.10. The second-order valence-corrected chi connectivity index (χ2v) is 4.64. The van der Waals surface area contributed by atoms with Crippen molar-refractivity contribution in [2.24, 2.45) is 0 Å². The summed E-state index contributed by atoms with van der Waals surface area (Å²) in [6.07, 6.45) is 0.263. The molecule has 0 saturated heterocycles. The van der Waals surface area contributed by atoms with Crippen LogP contribution in [0.15, 0.2) is 29.2 Å². The Bertz CT molecular complexity index is 474. The maximum atomic E-state index is 11.6. The van der Waals surface area contributed by atoms with Gasteiger partial charge in [0.1, 0.15) is 0 Å². The molecule has 86 valence electrons. The molecule has 1 aromatic rings. The summed E-state index contributed by atoms with van der Waals surface area (Å²) < 4.78 is 23.1. The molecule has 16 heavy (non-hydrogen) atoms. The van der Waals surface area contributed by atoms with Gasteiger partial charge >= 0.3 is 0 Å². The van der Waals surface area contributed by atoms with Crippen LogP contribution in [0, 0.1) is 11.3 Å². The van der Waals surface area contributed by atoms with Gasteiger partial charge in [0, 0.05) is 0 Å². The van der Waals surface area contributed by atoms with Gasteiger partial charge in [0.25, 0.3) is 10.0 Å².